The zero-order valence-corrected chi connectivity index (χ0v) is 21.4. The van der Waals surface area contributed by atoms with Crippen LogP contribution in [0.25, 0.3) is 0 Å². The Bertz CT molecular complexity index is 1270. The van der Waals surface area contributed by atoms with E-state index in [0.29, 0.717) is 11.1 Å². The van der Waals surface area contributed by atoms with Crippen molar-refractivity contribution in [3.8, 4) is 5.75 Å². The van der Waals surface area contributed by atoms with Gasteiger partial charge in [0.1, 0.15) is 22.8 Å². The molecule has 0 bridgehead atoms. The SMILES string of the molecule is CC(=O)C1=C(O)C(N(C)C)C2C(O)C3C(=C(O)C2(O)C1=O)C(=O)c1c(ccc(C(C)(C)C)c1O)C3C. The van der Waals surface area contributed by atoms with E-state index in [1.165, 1.54) is 19.0 Å². The number of benzene rings is 1. The van der Waals surface area contributed by atoms with Crippen LogP contribution >= 0.6 is 0 Å². The Hall–Kier alpha value is -3.01. The summed E-state index contributed by atoms with van der Waals surface area (Å²) in [4.78, 5) is 41.0. The zero-order valence-electron chi connectivity index (χ0n) is 21.4. The van der Waals surface area contributed by atoms with Gasteiger partial charge < -0.3 is 25.5 Å². The molecule has 4 rings (SSSR count). The van der Waals surface area contributed by atoms with Gasteiger partial charge in [0, 0.05) is 17.1 Å². The molecule has 0 fully saturated rings. The number of aromatic hydroxyl groups is 1. The molecule has 6 atom stereocenters. The number of nitrogens with zero attached hydrogens (tertiary/aromatic N) is 1. The number of rotatable bonds is 2. The minimum Gasteiger partial charge on any atom is -0.510 e. The fourth-order valence-corrected chi connectivity index (χ4v) is 6.33. The molecular weight excluding hydrogens is 466 g/mol. The Labute approximate surface area is 209 Å². The predicted molar refractivity (Wildman–Crippen MR) is 130 cm³/mol. The van der Waals surface area contributed by atoms with E-state index in [1.54, 1.807) is 19.1 Å². The van der Waals surface area contributed by atoms with Gasteiger partial charge in [0.2, 0.25) is 5.78 Å². The second-order valence-corrected chi connectivity index (χ2v) is 11.4. The second-order valence-electron chi connectivity index (χ2n) is 11.4. The number of Topliss-reactive ketones (excluding diaryl/α,β-unsaturated/α-hetero) is 3. The van der Waals surface area contributed by atoms with Gasteiger partial charge >= 0.3 is 0 Å². The van der Waals surface area contributed by atoms with E-state index in [-0.39, 0.29) is 16.9 Å². The van der Waals surface area contributed by atoms with E-state index in [1.807, 2.05) is 20.8 Å². The maximum atomic E-state index is 13.8. The molecule has 9 nitrogen and oxygen atoms in total. The highest BCUT2D eigenvalue weighted by Gasteiger charge is 2.67. The number of fused-ring (bicyclic) bond motifs is 3. The summed E-state index contributed by atoms with van der Waals surface area (Å²) < 4.78 is 0. The molecule has 0 amide bonds. The van der Waals surface area contributed by atoms with Crippen LogP contribution in [0, 0.1) is 11.8 Å². The summed E-state index contributed by atoms with van der Waals surface area (Å²) >= 11 is 0. The van der Waals surface area contributed by atoms with Gasteiger partial charge in [-0.1, -0.05) is 39.8 Å². The number of carbonyl (C=O) groups is 3. The molecule has 36 heavy (non-hydrogen) atoms. The molecule has 0 saturated heterocycles. The molecule has 1 aromatic rings. The van der Waals surface area contributed by atoms with Crippen LogP contribution in [0.3, 0.4) is 0 Å². The molecule has 0 aliphatic heterocycles. The Balaban J connectivity index is 2.05. The minimum absolute atomic E-state index is 0.0560. The van der Waals surface area contributed by atoms with Crippen molar-refractivity contribution in [2.24, 2.45) is 11.8 Å². The van der Waals surface area contributed by atoms with E-state index in [2.05, 4.69) is 0 Å². The molecule has 0 aromatic heterocycles. The van der Waals surface area contributed by atoms with Crippen LogP contribution < -0.4 is 0 Å². The number of phenolic OH excluding ortho intramolecular Hbond substituents is 1. The Morgan fingerprint density at radius 1 is 1.08 bits per heavy atom. The summed E-state index contributed by atoms with van der Waals surface area (Å²) in [7, 11) is 3.07. The molecule has 0 radical (unpaired) electrons. The number of aliphatic hydroxyl groups excluding tert-OH is 3. The van der Waals surface area contributed by atoms with Gasteiger partial charge in [0.15, 0.2) is 17.2 Å². The molecule has 194 valence electrons. The van der Waals surface area contributed by atoms with E-state index in [9.17, 15) is 39.9 Å². The highest BCUT2D eigenvalue weighted by atomic mass is 16.4. The fraction of sp³-hybridized carbons (Fsp3) is 0.519. The van der Waals surface area contributed by atoms with Gasteiger partial charge in [-0.2, -0.15) is 0 Å². The third kappa shape index (κ3) is 3.16. The van der Waals surface area contributed by atoms with Crippen LogP contribution in [0.1, 0.15) is 62.0 Å². The van der Waals surface area contributed by atoms with Crippen LogP contribution in [-0.2, 0) is 15.0 Å². The first-order valence-corrected chi connectivity index (χ1v) is 11.9. The number of hydrogen-bond acceptors (Lipinski definition) is 9. The van der Waals surface area contributed by atoms with Crippen molar-refractivity contribution in [1.29, 1.82) is 0 Å². The number of hydrogen-bond donors (Lipinski definition) is 5. The van der Waals surface area contributed by atoms with Crippen LogP contribution in [0.2, 0.25) is 0 Å². The molecule has 3 aliphatic rings. The number of ketones is 3. The topological polar surface area (TPSA) is 156 Å². The summed E-state index contributed by atoms with van der Waals surface area (Å²) in [6, 6.07) is 2.23. The maximum Gasteiger partial charge on any atom is 0.209 e. The van der Waals surface area contributed by atoms with Crippen molar-refractivity contribution in [2.45, 2.75) is 63.7 Å². The van der Waals surface area contributed by atoms with Crippen LogP contribution in [0.4, 0.5) is 0 Å². The van der Waals surface area contributed by atoms with E-state index in [4.69, 9.17) is 0 Å². The Kier molecular flexibility index (Phi) is 5.79. The molecule has 1 aromatic carbocycles. The molecule has 5 N–H and O–H groups in total. The molecule has 9 heteroatoms. The molecule has 0 saturated carbocycles. The lowest BCUT2D eigenvalue weighted by Crippen LogP contribution is -2.68. The highest BCUT2D eigenvalue weighted by Crippen LogP contribution is 2.56. The first-order valence-electron chi connectivity index (χ1n) is 11.9. The van der Waals surface area contributed by atoms with Crippen molar-refractivity contribution >= 4 is 17.3 Å². The predicted octanol–water partition coefficient (Wildman–Crippen LogP) is 2.05. The number of carbonyl (C=O) groups excluding carboxylic acids is 3. The van der Waals surface area contributed by atoms with Gasteiger partial charge in [0.25, 0.3) is 0 Å². The molecule has 0 spiro atoms. The van der Waals surface area contributed by atoms with Crippen LogP contribution in [0.5, 0.6) is 5.75 Å². The van der Waals surface area contributed by atoms with Crippen molar-refractivity contribution < 1.29 is 39.9 Å². The summed E-state index contributed by atoms with van der Waals surface area (Å²) in [6.45, 7) is 8.37. The van der Waals surface area contributed by atoms with Crippen molar-refractivity contribution in [1.82, 2.24) is 4.90 Å². The third-order valence-corrected chi connectivity index (χ3v) is 8.04. The lowest BCUT2D eigenvalue weighted by molar-refractivity contribution is -0.162. The average Bonchev–Trinajstić information content (AvgIpc) is 2.75. The Morgan fingerprint density at radius 2 is 1.67 bits per heavy atom. The Morgan fingerprint density at radius 3 is 2.17 bits per heavy atom. The summed E-state index contributed by atoms with van der Waals surface area (Å²) in [5, 5.41) is 56.8. The van der Waals surface area contributed by atoms with Crippen LogP contribution in [0.15, 0.2) is 34.8 Å². The summed E-state index contributed by atoms with van der Waals surface area (Å²) in [6.07, 6.45) is -1.57. The molecular formula is C27H33NO8. The normalized spacial score (nSPS) is 32.4. The first kappa shape index (κ1) is 26.1. The maximum absolute atomic E-state index is 13.8. The highest BCUT2D eigenvalue weighted by molar-refractivity contribution is 6.25. The van der Waals surface area contributed by atoms with Gasteiger partial charge in [-0.3, -0.25) is 19.3 Å². The standard InChI is InChI=1S/C27H33NO8/c1-10-12-8-9-13(26(3,4)5)20(30)16(12)21(31)17-14(10)22(32)18-19(28(6)7)23(33)15(11(2)29)24(34)27(18,36)25(17)35/h8-10,14,18-19,22,30,32-33,35-36H,1-7H3. The number of phenols is 1. The fourth-order valence-electron chi connectivity index (χ4n) is 6.33. The quantitative estimate of drug-likeness (QED) is 0.384. The largest absolute Gasteiger partial charge is 0.510 e. The van der Waals surface area contributed by atoms with Gasteiger partial charge in [-0.05, 0) is 37.9 Å². The third-order valence-electron chi connectivity index (χ3n) is 8.04. The zero-order chi connectivity index (χ0) is 27.2. The van der Waals surface area contributed by atoms with Gasteiger partial charge in [-0.25, -0.2) is 0 Å². The lowest BCUT2D eigenvalue weighted by Gasteiger charge is -2.53. The van der Waals surface area contributed by atoms with Crippen molar-refractivity contribution in [3.05, 3.63) is 51.5 Å². The van der Waals surface area contributed by atoms with Gasteiger partial charge in [0.05, 0.1) is 23.6 Å². The minimum atomic E-state index is -2.84. The second kappa shape index (κ2) is 7.99. The van der Waals surface area contributed by atoms with E-state index < -0.39 is 75.4 Å². The van der Waals surface area contributed by atoms with Crippen molar-refractivity contribution in [3.63, 3.8) is 0 Å². The number of likely N-dealkylation sites (N-methyl/N-ethyl adjacent to an activating group) is 1. The average molecular weight is 500 g/mol. The molecule has 3 aliphatic carbocycles. The monoisotopic (exact) mass is 499 g/mol. The summed E-state index contributed by atoms with van der Waals surface area (Å²) in [5.41, 5.74) is -3.51. The molecule has 0 heterocycles. The van der Waals surface area contributed by atoms with Gasteiger partial charge in [-0.15, -0.1) is 0 Å². The smallest absolute Gasteiger partial charge is 0.209 e. The van der Waals surface area contributed by atoms with Crippen LogP contribution in [-0.4, -0.2) is 79.6 Å². The lowest BCUT2D eigenvalue weighted by atomic mass is 9.55. The van der Waals surface area contributed by atoms with E-state index in [0.717, 1.165) is 6.92 Å². The summed E-state index contributed by atoms with van der Waals surface area (Å²) in [5.74, 6) is -7.87. The molecule has 6 unspecified atom stereocenters. The van der Waals surface area contributed by atoms with E-state index >= 15 is 0 Å². The van der Waals surface area contributed by atoms with Crippen molar-refractivity contribution in [2.75, 3.05) is 14.1 Å². The number of aliphatic hydroxyl groups is 4. The first-order chi connectivity index (χ1) is 16.5.